The van der Waals surface area contributed by atoms with Gasteiger partial charge >= 0.3 is 0 Å². The average molecular weight is 336 g/mol. The number of aliphatic hydroxyl groups excluding tert-OH is 1. The summed E-state index contributed by atoms with van der Waals surface area (Å²) in [4.78, 5) is 12.2. The van der Waals surface area contributed by atoms with E-state index in [2.05, 4.69) is 10.4 Å². The molecule has 0 aliphatic carbocycles. The predicted octanol–water partition coefficient (Wildman–Crippen LogP) is 3.05. The highest BCUT2D eigenvalue weighted by Gasteiger charge is 2.21. The van der Waals surface area contributed by atoms with Crippen molar-refractivity contribution in [1.29, 1.82) is 0 Å². The quantitative estimate of drug-likeness (QED) is 0.852. The SMILES string of the molecule is CC(O)CC(C)(C)CNC(=O)c1cnn(-c2ccccc2Cl)c1. The maximum Gasteiger partial charge on any atom is 0.254 e. The molecule has 0 saturated carbocycles. The first-order valence-electron chi connectivity index (χ1n) is 7.54. The van der Waals surface area contributed by atoms with E-state index in [1.54, 1.807) is 23.9 Å². The Morgan fingerprint density at radius 1 is 1.43 bits per heavy atom. The van der Waals surface area contributed by atoms with Crippen LogP contribution in [-0.2, 0) is 0 Å². The fourth-order valence-corrected chi connectivity index (χ4v) is 2.73. The number of carbonyl (C=O) groups is 1. The zero-order chi connectivity index (χ0) is 17.0. The molecule has 0 spiro atoms. The number of benzene rings is 1. The van der Waals surface area contributed by atoms with Crippen LogP contribution in [0.15, 0.2) is 36.7 Å². The normalized spacial score (nSPS) is 12.9. The van der Waals surface area contributed by atoms with Crippen molar-refractivity contribution in [1.82, 2.24) is 15.1 Å². The van der Waals surface area contributed by atoms with E-state index in [-0.39, 0.29) is 11.3 Å². The van der Waals surface area contributed by atoms with Crippen LogP contribution in [0.25, 0.3) is 5.69 Å². The van der Waals surface area contributed by atoms with Crippen LogP contribution >= 0.6 is 11.6 Å². The van der Waals surface area contributed by atoms with Crippen molar-refractivity contribution in [3.05, 3.63) is 47.2 Å². The number of hydrogen-bond acceptors (Lipinski definition) is 3. The molecule has 23 heavy (non-hydrogen) atoms. The summed E-state index contributed by atoms with van der Waals surface area (Å²) in [5.74, 6) is -0.193. The van der Waals surface area contributed by atoms with Gasteiger partial charge in [0.2, 0.25) is 0 Å². The molecule has 2 aromatic rings. The lowest BCUT2D eigenvalue weighted by Gasteiger charge is -2.26. The Hall–Kier alpha value is -1.85. The Labute approximate surface area is 141 Å². The maximum absolute atomic E-state index is 12.2. The molecule has 0 fully saturated rings. The molecule has 2 rings (SSSR count). The summed E-state index contributed by atoms with van der Waals surface area (Å²) in [6, 6.07) is 7.31. The second-order valence-corrected chi connectivity index (χ2v) is 6.93. The molecular formula is C17H22ClN3O2. The van der Waals surface area contributed by atoms with Crippen LogP contribution in [0.4, 0.5) is 0 Å². The summed E-state index contributed by atoms with van der Waals surface area (Å²) in [5, 5.41) is 17.1. The smallest absolute Gasteiger partial charge is 0.254 e. The van der Waals surface area contributed by atoms with Gasteiger partial charge in [-0.3, -0.25) is 4.79 Å². The summed E-state index contributed by atoms with van der Waals surface area (Å²) in [6.07, 6.45) is 3.38. The second kappa shape index (κ2) is 7.15. The van der Waals surface area contributed by atoms with Gasteiger partial charge < -0.3 is 10.4 Å². The van der Waals surface area contributed by atoms with Gasteiger partial charge in [0.1, 0.15) is 0 Å². The molecule has 0 aliphatic rings. The number of rotatable bonds is 6. The summed E-state index contributed by atoms with van der Waals surface area (Å²) in [6.45, 7) is 6.24. The molecule has 1 heterocycles. The lowest BCUT2D eigenvalue weighted by atomic mass is 9.87. The minimum atomic E-state index is -0.398. The molecule has 1 unspecified atom stereocenters. The van der Waals surface area contributed by atoms with Crippen LogP contribution in [0, 0.1) is 5.41 Å². The van der Waals surface area contributed by atoms with E-state index in [9.17, 15) is 9.90 Å². The van der Waals surface area contributed by atoms with Crippen molar-refractivity contribution in [2.45, 2.75) is 33.3 Å². The topological polar surface area (TPSA) is 67.2 Å². The lowest BCUT2D eigenvalue weighted by Crippen LogP contribution is -2.35. The van der Waals surface area contributed by atoms with Gasteiger partial charge in [0.25, 0.3) is 5.91 Å². The third-order valence-corrected chi connectivity index (χ3v) is 3.84. The Balaban J connectivity index is 2.03. The first kappa shape index (κ1) is 17.5. The Morgan fingerprint density at radius 2 is 2.13 bits per heavy atom. The summed E-state index contributed by atoms with van der Waals surface area (Å²) >= 11 is 6.13. The van der Waals surface area contributed by atoms with Gasteiger partial charge in [-0.2, -0.15) is 5.10 Å². The number of aliphatic hydroxyl groups is 1. The minimum Gasteiger partial charge on any atom is -0.393 e. The van der Waals surface area contributed by atoms with Crippen LogP contribution in [0.1, 0.15) is 37.6 Å². The lowest BCUT2D eigenvalue weighted by molar-refractivity contribution is 0.0902. The monoisotopic (exact) mass is 335 g/mol. The molecule has 1 atom stereocenters. The van der Waals surface area contributed by atoms with E-state index in [0.29, 0.717) is 23.6 Å². The zero-order valence-electron chi connectivity index (χ0n) is 13.6. The van der Waals surface area contributed by atoms with Crippen LogP contribution in [0.2, 0.25) is 5.02 Å². The van der Waals surface area contributed by atoms with E-state index >= 15 is 0 Å². The molecule has 2 N–H and O–H groups in total. The van der Waals surface area contributed by atoms with Crippen LogP contribution in [0.5, 0.6) is 0 Å². The molecule has 124 valence electrons. The van der Waals surface area contributed by atoms with E-state index in [0.717, 1.165) is 5.69 Å². The van der Waals surface area contributed by atoms with Crippen LogP contribution < -0.4 is 5.32 Å². The largest absolute Gasteiger partial charge is 0.393 e. The number of hydrogen-bond donors (Lipinski definition) is 2. The Kier molecular flexibility index (Phi) is 5.44. The molecule has 1 aromatic heterocycles. The van der Waals surface area contributed by atoms with Gasteiger partial charge in [-0.25, -0.2) is 4.68 Å². The highest BCUT2D eigenvalue weighted by atomic mass is 35.5. The zero-order valence-corrected chi connectivity index (χ0v) is 14.3. The van der Waals surface area contributed by atoms with Gasteiger partial charge in [-0.1, -0.05) is 37.6 Å². The van der Waals surface area contributed by atoms with Crippen molar-refractivity contribution in [3.63, 3.8) is 0 Å². The predicted molar refractivity (Wildman–Crippen MR) is 91.0 cm³/mol. The van der Waals surface area contributed by atoms with Gasteiger partial charge in [-0.15, -0.1) is 0 Å². The summed E-state index contributed by atoms with van der Waals surface area (Å²) < 4.78 is 1.58. The standard InChI is InChI=1S/C17H22ClN3O2/c1-12(22)8-17(2,3)11-19-16(23)13-9-20-21(10-13)15-7-5-4-6-14(15)18/h4-7,9-10,12,22H,8,11H2,1-3H3,(H,19,23). The fraction of sp³-hybridized carbons (Fsp3) is 0.412. The fourth-order valence-electron chi connectivity index (χ4n) is 2.50. The molecule has 1 aromatic carbocycles. The molecule has 1 amide bonds. The molecule has 0 bridgehead atoms. The first-order valence-corrected chi connectivity index (χ1v) is 7.92. The van der Waals surface area contributed by atoms with Crippen molar-refractivity contribution in [2.24, 2.45) is 5.41 Å². The Morgan fingerprint density at radius 3 is 2.78 bits per heavy atom. The van der Waals surface area contributed by atoms with Crippen molar-refractivity contribution < 1.29 is 9.90 Å². The first-order chi connectivity index (χ1) is 10.8. The van der Waals surface area contributed by atoms with E-state index < -0.39 is 6.10 Å². The molecule has 0 aliphatic heterocycles. The molecule has 0 radical (unpaired) electrons. The van der Waals surface area contributed by atoms with Gasteiger partial charge in [-0.05, 0) is 30.9 Å². The summed E-state index contributed by atoms with van der Waals surface area (Å²) in [5.41, 5.74) is 1.02. The van der Waals surface area contributed by atoms with Crippen molar-refractivity contribution in [2.75, 3.05) is 6.54 Å². The minimum absolute atomic E-state index is 0.178. The van der Waals surface area contributed by atoms with E-state index in [4.69, 9.17) is 11.6 Å². The van der Waals surface area contributed by atoms with Crippen LogP contribution in [0.3, 0.4) is 0 Å². The second-order valence-electron chi connectivity index (χ2n) is 6.53. The van der Waals surface area contributed by atoms with E-state index in [1.165, 1.54) is 6.20 Å². The number of aromatic nitrogens is 2. The molecular weight excluding hydrogens is 314 g/mol. The third-order valence-electron chi connectivity index (χ3n) is 3.52. The maximum atomic E-state index is 12.2. The van der Waals surface area contributed by atoms with Crippen molar-refractivity contribution >= 4 is 17.5 Å². The highest BCUT2D eigenvalue weighted by molar-refractivity contribution is 6.32. The summed E-state index contributed by atoms with van der Waals surface area (Å²) in [7, 11) is 0. The molecule has 6 heteroatoms. The number of nitrogens with zero attached hydrogens (tertiary/aromatic N) is 2. The number of para-hydroxylation sites is 1. The third kappa shape index (κ3) is 4.81. The van der Waals surface area contributed by atoms with Crippen LogP contribution in [-0.4, -0.2) is 33.4 Å². The molecule has 0 saturated heterocycles. The molecule has 5 nitrogen and oxygen atoms in total. The van der Waals surface area contributed by atoms with Gasteiger partial charge in [0.15, 0.2) is 0 Å². The van der Waals surface area contributed by atoms with Crippen molar-refractivity contribution in [3.8, 4) is 5.69 Å². The van der Waals surface area contributed by atoms with Gasteiger partial charge in [0, 0.05) is 12.7 Å². The number of nitrogens with one attached hydrogen (secondary N) is 1. The van der Waals surface area contributed by atoms with E-state index in [1.807, 2.05) is 32.0 Å². The highest BCUT2D eigenvalue weighted by Crippen LogP contribution is 2.22. The average Bonchev–Trinajstić information content (AvgIpc) is 2.93. The Bertz CT molecular complexity index is 680. The number of carbonyl (C=O) groups excluding carboxylic acids is 1. The number of amides is 1. The van der Waals surface area contributed by atoms with Gasteiger partial charge in [0.05, 0.1) is 28.6 Å². The number of halogens is 1.